The van der Waals surface area contributed by atoms with Crippen LogP contribution in [0.4, 0.5) is 5.69 Å². The molecule has 8 atom stereocenters. The summed E-state index contributed by atoms with van der Waals surface area (Å²) >= 11 is 6.14. The highest BCUT2D eigenvalue weighted by Gasteiger charge is 2.72. The smallest absolute Gasteiger partial charge is 0.246 e. The van der Waals surface area contributed by atoms with Crippen molar-refractivity contribution in [1.29, 1.82) is 0 Å². The van der Waals surface area contributed by atoms with Gasteiger partial charge in [-0.3, -0.25) is 14.4 Å². The van der Waals surface area contributed by atoms with E-state index in [9.17, 15) is 14.4 Å². The number of nitrogens with one attached hydrogen (secondary N) is 2. The summed E-state index contributed by atoms with van der Waals surface area (Å²) in [5.41, 5.74) is -0.571. The number of nitrogens with zero attached hydrogens (tertiary/aromatic N) is 2. The molecule has 5 aliphatic rings. The van der Waals surface area contributed by atoms with Crippen LogP contribution in [0, 0.1) is 23.7 Å². The molecule has 8 nitrogen and oxygen atoms in total. The summed E-state index contributed by atoms with van der Waals surface area (Å²) in [6.07, 6.45) is 10.9. The van der Waals surface area contributed by atoms with Gasteiger partial charge in [0.05, 0.1) is 17.9 Å². The normalized spacial score (nSPS) is 36.4. The third-order valence-electron chi connectivity index (χ3n) is 10.4. The Balaban J connectivity index is 1.25. The van der Waals surface area contributed by atoms with E-state index in [1.807, 2.05) is 12.2 Å². The molecule has 4 aliphatic heterocycles. The molecule has 9 heteroatoms. The van der Waals surface area contributed by atoms with E-state index in [-0.39, 0.29) is 23.8 Å². The molecule has 1 aromatic rings. The van der Waals surface area contributed by atoms with Crippen molar-refractivity contribution >= 4 is 35.0 Å². The number of hydrogen-bond acceptors (Lipinski definition) is 5. The predicted molar refractivity (Wildman–Crippen MR) is 158 cm³/mol. The molecule has 1 saturated carbocycles. The number of amides is 3. The Hall–Kier alpha value is -2.42. The van der Waals surface area contributed by atoms with E-state index in [0.717, 1.165) is 38.9 Å². The minimum atomic E-state index is -1.14. The van der Waals surface area contributed by atoms with Crippen molar-refractivity contribution < 1.29 is 19.1 Å². The van der Waals surface area contributed by atoms with Gasteiger partial charge in [0.1, 0.15) is 11.6 Å². The topological polar surface area (TPSA) is 91.0 Å². The van der Waals surface area contributed by atoms with Gasteiger partial charge >= 0.3 is 0 Å². The number of likely N-dealkylation sites (tertiary alicyclic amines) is 2. The highest BCUT2D eigenvalue weighted by atomic mass is 35.5. The molecule has 4 heterocycles. The second-order valence-electron chi connectivity index (χ2n) is 12.9. The Morgan fingerprint density at radius 3 is 2.66 bits per heavy atom. The number of carbonyl (C=O) groups excluding carboxylic acids is 3. The molecule has 2 bridgehead atoms. The molecule has 1 aromatic carbocycles. The van der Waals surface area contributed by atoms with Crippen molar-refractivity contribution in [2.24, 2.45) is 23.7 Å². The summed E-state index contributed by atoms with van der Waals surface area (Å²) in [6.45, 7) is 7.98. The van der Waals surface area contributed by atoms with E-state index in [1.165, 1.54) is 25.7 Å². The van der Waals surface area contributed by atoms with E-state index >= 15 is 0 Å². The fourth-order valence-electron chi connectivity index (χ4n) is 7.99. The van der Waals surface area contributed by atoms with Crippen molar-refractivity contribution in [1.82, 2.24) is 15.1 Å². The van der Waals surface area contributed by atoms with Gasteiger partial charge in [0.2, 0.25) is 17.7 Å². The predicted octanol–water partition coefficient (Wildman–Crippen LogP) is 4.25. The lowest BCUT2D eigenvalue weighted by Crippen LogP contribution is -2.58. The fourth-order valence-corrected chi connectivity index (χ4v) is 8.18. The number of anilines is 1. The Bertz CT molecular complexity index is 1200. The van der Waals surface area contributed by atoms with Crippen LogP contribution in [0.15, 0.2) is 36.4 Å². The lowest BCUT2D eigenvalue weighted by atomic mass is 9.73. The van der Waals surface area contributed by atoms with E-state index in [1.54, 1.807) is 29.2 Å². The summed E-state index contributed by atoms with van der Waals surface area (Å²) in [4.78, 5) is 46.2. The number of ether oxygens (including phenoxy) is 1. The number of piperidine rings is 1. The van der Waals surface area contributed by atoms with Gasteiger partial charge in [-0.05, 0) is 75.4 Å². The van der Waals surface area contributed by atoms with Gasteiger partial charge in [-0.15, -0.1) is 0 Å². The van der Waals surface area contributed by atoms with E-state index in [0.29, 0.717) is 29.1 Å². The molecule has 1 spiro atoms. The summed E-state index contributed by atoms with van der Waals surface area (Å²) in [5.74, 6) is -1.18. The monoisotopic (exact) mass is 582 g/mol. The molecule has 6 unspecified atom stereocenters. The number of rotatable bonds is 8. The first-order valence-corrected chi connectivity index (χ1v) is 15.9. The van der Waals surface area contributed by atoms with Crippen LogP contribution in [-0.2, 0) is 19.1 Å². The number of carbonyl (C=O) groups is 3. The molecular weight excluding hydrogens is 540 g/mol. The van der Waals surface area contributed by atoms with Crippen LogP contribution in [0.1, 0.15) is 58.8 Å². The van der Waals surface area contributed by atoms with Gasteiger partial charge < -0.3 is 25.2 Å². The van der Waals surface area contributed by atoms with Crippen molar-refractivity contribution in [2.45, 2.75) is 82.6 Å². The summed E-state index contributed by atoms with van der Waals surface area (Å²) < 4.78 is 6.52. The van der Waals surface area contributed by atoms with E-state index in [2.05, 4.69) is 29.4 Å². The zero-order valence-corrected chi connectivity index (χ0v) is 24.9. The van der Waals surface area contributed by atoms with E-state index < -0.39 is 29.6 Å². The molecule has 3 saturated heterocycles. The molecule has 4 fully saturated rings. The summed E-state index contributed by atoms with van der Waals surface area (Å²) in [7, 11) is 0. The quantitative estimate of drug-likeness (QED) is 0.447. The highest BCUT2D eigenvalue weighted by Crippen LogP contribution is 2.55. The van der Waals surface area contributed by atoms with Crippen LogP contribution < -0.4 is 10.6 Å². The molecule has 0 radical (unpaired) electrons. The van der Waals surface area contributed by atoms with Gasteiger partial charge in [-0.25, -0.2) is 0 Å². The maximum atomic E-state index is 14.2. The average molecular weight is 583 g/mol. The first kappa shape index (κ1) is 28.7. The van der Waals surface area contributed by atoms with Gasteiger partial charge in [0.25, 0.3) is 0 Å². The molecule has 0 aromatic heterocycles. The maximum Gasteiger partial charge on any atom is 0.246 e. The van der Waals surface area contributed by atoms with Crippen LogP contribution in [0.3, 0.4) is 0 Å². The average Bonchev–Trinajstić information content (AvgIpc) is 3.59. The minimum Gasteiger partial charge on any atom is -0.359 e. The molecule has 6 rings (SSSR count). The summed E-state index contributed by atoms with van der Waals surface area (Å²) in [6, 6.07) is 6.25. The molecule has 1 aliphatic carbocycles. The zero-order chi connectivity index (χ0) is 28.7. The molecule has 41 heavy (non-hydrogen) atoms. The van der Waals surface area contributed by atoms with Gasteiger partial charge in [0.15, 0.2) is 0 Å². The third-order valence-corrected chi connectivity index (χ3v) is 10.6. The van der Waals surface area contributed by atoms with Crippen molar-refractivity contribution in [2.75, 3.05) is 31.5 Å². The first-order chi connectivity index (χ1) is 19.8. The van der Waals surface area contributed by atoms with Crippen molar-refractivity contribution in [3.63, 3.8) is 0 Å². The van der Waals surface area contributed by atoms with Crippen LogP contribution in [0.2, 0.25) is 5.02 Å². The molecular formula is C32H43ClN4O4. The molecule has 222 valence electrons. The van der Waals surface area contributed by atoms with Crippen LogP contribution in [0.5, 0.6) is 0 Å². The van der Waals surface area contributed by atoms with Crippen LogP contribution in [0.25, 0.3) is 0 Å². The third kappa shape index (κ3) is 5.32. The Labute approximate surface area is 248 Å². The maximum absolute atomic E-state index is 14.2. The van der Waals surface area contributed by atoms with Crippen LogP contribution >= 0.6 is 11.6 Å². The second kappa shape index (κ2) is 11.7. The molecule has 2 N–H and O–H groups in total. The number of fused-ring (bicyclic) bond motifs is 1. The van der Waals surface area contributed by atoms with Crippen molar-refractivity contribution in [3.05, 3.63) is 41.4 Å². The highest BCUT2D eigenvalue weighted by molar-refractivity contribution is 6.30. The second-order valence-corrected chi connectivity index (χ2v) is 13.3. The Morgan fingerprint density at radius 1 is 1.07 bits per heavy atom. The Kier molecular flexibility index (Phi) is 8.18. The minimum absolute atomic E-state index is 0.0662. The fraction of sp³-hybridized carbons (Fsp3) is 0.656. The van der Waals surface area contributed by atoms with Gasteiger partial charge in [-0.1, -0.05) is 62.9 Å². The van der Waals surface area contributed by atoms with Gasteiger partial charge in [-0.2, -0.15) is 0 Å². The standard InChI is InChI=1S/C32H43ClN4O4/c1-20-9-6-12-24(21(20)2)35-30(39)28-32-14-13-25(41-32)26(29(38)34-23-11-7-10-22(33)19-23)27(32)31(40)37(28)18-8-17-36-15-4-3-5-16-36/h7,10-11,13-14,19-21,24-28H,3-6,8-9,12,15-18H2,1-2H3,(H,34,38)(H,35,39)/t20?,21?,24?,25-,26?,27-,28?,32?/m0/s1. The lowest BCUT2D eigenvalue weighted by molar-refractivity contribution is -0.141. The number of benzene rings is 1. The number of halogens is 1. The van der Waals surface area contributed by atoms with Crippen molar-refractivity contribution in [3.8, 4) is 0 Å². The first-order valence-electron chi connectivity index (χ1n) is 15.6. The zero-order valence-electron chi connectivity index (χ0n) is 24.2. The van der Waals surface area contributed by atoms with Crippen LogP contribution in [-0.4, -0.2) is 77.5 Å². The van der Waals surface area contributed by atoms with E-state index in [4.69, 9.17) is 16.3 Å². The summed E-state index contributed by atoms with van der Waals surface area (Å²) in [5, 5.41) is 6.80. The Morgan fingerprint density at radius 2 is 1.88 bits per heavy atom. The van der Waals surface area contributed by atoms with Gasteiger partial charge in [0, 0.05) is 23.3 Å². The lowest BCUT2D eigenvalue weighted by Gasteiger charge is -2.38. The largest absolute Gasteiger partial charge is 0.359 e. The molecule has 3 amide bonds. The number of hydrogen-bond donors (Lipinski definition) is 2. The SMILES string of the molecule is CC1CCCC(NC(=O)C2N(CCCN3CCCCC3)C(=O)[C@@H]3C(C(=O)Nc4cccc(Cl)c4)[C@@H]4C=CC23O4)C1C.